The summed E-state index contributed by atoms with van der Waals surface area (Å²) in [5.41, 5.74) is 2.84. The van der Waals surface area contributed by atoms with Crippen LogP contribution in [0.25, 0.3) is 0 Å². The van der Waals surface area contributed by atoms with E-state index in [2.05, 4.69) is 11.8 Å². The van der Waals surface area contributed by atoms with E-state index in [0.29, 0.717) is 29.7 Å². The molecule has 0 aliphatic carbocycles. The normalized spacial score (nSPS) is 11.6. The summed E-state index contributed by atoms with van der Waals surface area (Å²) in [7, 11) is 0. The number of carboxylic acids is 1. The average molecular weight is 572 g/mol. The van der Waals surface area contributed by atoms with Gasteiger partial charge in [-0.15, -0.1) is 0 Å². The zero-order valence-corrected chi connectivity index (χ0v) is 22.8. The van der Waals surface area contributed by atoms with E-state index in [4.69, 9.17) is 4.74 Å². The molecule has 0 aliphatic heterocycles. The second-order valence-corrected chi connectivity index (χ2v) is 9.53. The predicted octanol–water partition coefficient (Wildman–Crippen LogP) is 7.25. The SMILES string of the molecule is CCC(c1ccc(C(F)(F)F)cc1)N(Cc1ccc(C#Cc2ccc(OCc3ccccc3)cc2)cc1)C(=O)C(=O)O. The van der Waals surface area contributed by atoms with Gasteiger partial charge in [0, 0.05) is 17.7 Å². The number of nitrogens with zero attached hydrogens (tertiary/aromatic N) is 1. The topological polar surface area (TPSA) is 66.8 Å². The highest BCUT2D eigenvalue weighted by atomic mass is 19.4. The van der Waals surface area contributed by atoms with Crippen LogP contribution in [0.2, 0.25) is 0 Å². The molecule has 1 N–H and O–H groups in total. The minimum Gasteiger partial charge on any atom is -0.489 e. The first-order valence-corrected chi connectivity index (χ1v) is 13.2. The highest BCUT2D eigenvalue weighted by Gasteiger charge is 2.32. The number of alkyl halides is 3. The number of amides is 1. The summed E-state index contributed by atoms with van der Waals surface area (Å²) in [5.74, 6) is 4.13. The van der Waals surface area contributed by atoms with E-state index in [1.165, 1.54) is 12.1 Å². The van der Waals surface area contributed by atoms with Gasteiger partial charge in [0.1, 0.15) is 12.4 Å². The third kappa shape index (κ3) is 8.01. The lowest BCUT2D eigenvalue weighted by Crippen LogP contribution is -2.38. The largest absolute Gasteiger partial charge is 0.489 e. The van der Waals surface area contributed by atoms with Crippen molar-refractivity contribution in [2.45, 2.75) is 38.7 Å². The summed E-state index contributed by atoms with van der Waals surface area (Å²) in [6.45, 7) is 2.17. The third-order valence-corrected chi connectivity index (χ3v) is 6.59. The molecule has 0 spiro atoms. The van der Waals surface area contributed by atoms with Crippen LogP contribution in [-0.4, -0.2) is 21.9 Å². The lowest BCUT2D eigenvalue weighted by atomic mass is 9.99. The van der Waals surface area contributed by atoms with Gasteiger partial charge < -0.3 is 14.7 Å². The number of halogens is 3. The van der Waals surface area contributed by atoms with Gasteiger partial charge in [0.2, 0.25) is 0 Å². The van der Waals surface area contributed by atoms with Gasteiger partial charge in [-0.3, -0.25) is 4.79 Å². The van der Waals surface area contributed by atoms with E-state index in [9.17, 15) is 27.9 Å². The van der Waals surface area contributed by atoms with Crippen molar-refractivity contribution in [3.63, 3.8) is 0 Å². The van der Waals surface area contributed by atoms with Crippen molar-refractivity contribution in [1.29, 1.82) is 0 Å². The predicted molar refractivity (Wildman–Crippen MR) is 152 cm³/mol. The van der Waals surface area contributed by atoms with E-state index in [1.54, 1.807) is 31.2 Å². The monoisotopic (exact) mass is 571 g/mol. The fourth-order valence-electron chi connectivity index (χ4n) is 4.39. The van der Waals surface area contributed by atoms with Gasteiger partial charge in [0.25, 0.3) is 0 Å². The molecule has 4 aromatic rings. The molecule has 0 fully saturated rings. The highest BCUT2D eigenvalue weighted by molar-refractivity contribution is 6.31. The van der Waals surface area contributed by atoms with Crippen molar-refractivity contribution < 1.29 is 32.6 Å². The molecule has 5 nitrogen and oxygen atoms in total. The number of hydrogen-bond acceptors (Lipinski definition) is 3. The van der Waals surface area contributed by atoms with Gasteiger partial charge in [-0.05, 0) is 71.6 Å². The molecule has 4 rings (SSSR count). The van der Waals surface area contributed by atoms with Crippen LogP contribution >= 0.6 is 0 Å². The number of carboxylic acid groups (broad SMARTS) is 1. The van der Waals surface area contributed by atoms with Crippen LogP contribution in [0.15, 0.2) is 103 Å². The van der Waals surface area contributed by atoms with Gasteiger partial charge in [0.15, 0.2) is 0 Å². The maximum Gasteiger partial charge on any atom is 0.416 e. The molecule has 0 saturated heterocycles. The summed E-state index contributed by atoms with van der Waals surface area (Å²) in [6, 6.07) is 28.0. The molecule has 8 heteroatoms. The van der Waals surface area contributed by atoms with Gasteiger partial charge in [-0.25, -0.2) is 4.79 Å². The number of aliphatic carboxylic acids is 1. The van der Waals surface area contributed by atoms with Crippen LogP contribution in [0, 0.1) is 11.8 Å². The molecular formula is C34H28F3NO4. The number of ether oxygens (including phenoxy) is 1. The van der Waals surface area contributed by atoms with Crippen molar-refractivity contribution >= 4 is 11.9 Å². The van der Waals surface area contributed by atoms with Crippen LogP contribution in [0.3, 0.4) is 0 Å². The maximum atomic E-state index is 13.0. The van der Waals surface area contributed by atoms with Gasteiger partial charge in [-0.1, -0.05) is 73.4 Å². The minimum absolute atomic E-state index is 0.0389. The third-order valence-electron chi connectivity index (χ3n) is 6.59. The number of benzene rings is 4. The smallest absolute Gasteiger partial charge is 0.416 e. The summed E-state index contributed by atoms with van der Waals surface area (Å²) >= 11 is 0. The lowest BCUT2D eigenvalue weighted by Gasteiger charge is -2.30. The fraction of sp³-hybridized carbons (Fsp3) is 0.176. The summed E-state index contributed by atoms with van der Waals surface area (Å²) in [4.78, 5) is 25.4. The highest BCUT2D eigenvalue weighted by Crippen LogP contribution is 2.32. The first-order valence-electron chi connectivity index (χ1n) is 13.2. The molecular weight excluding hydrogens is 543 g/mol. The summed E-state index contributed by atoms with van der Waals surface area (Å²) < 4.78 is 44.8. The van der Waals surface area contributed by atoms with Crippen molar-refractivity contribution in [2.24, 2.45) is 0 Å². The second kappa shape index (κ2) is 13.6. The minimum atomic E-state index is -4.50. The standard InChI is InChI=1S/C34H28F3NO4/c1-2-31(28-16-18-29(19-17-28)34(35,36)37)38(32(39)33(40)41)22-26-12-10-24(11-13-26)8-9-25-14-20-30(21-15-25)42-23-27-6-4-3-5-7-27/h3-7,10-21,31H,2,22-23H2,1H3,(H,40,41). The van der Waals surface area contributed by atoms with E-state index < -0.39 is 29.7 Å². The van der Waals surface area contributed by atoms with Gasteiger partial charge in [-0.2, -0.15) is 13.2 Å². The molecule has 0 bridgehead atoms. The molecule has 1 atom stereocenters. The Kier molecular flexibility index (Phi) is 9.66. The average Bonchev–Trinajstić information content (AvgIpc) is 3.00. The van der Waals surface area contributed by atoms with Crippen LogP contribution in [0.4, 0.5) is 13.2 Å². The molecule has 0 aromatic heterocycles. The van der Waals surface area contributed by atoms with Gasteiger partial charge >= 0.3 is 18.1 Å². The van der Waals surface area contributed by atoms with E-state index >= 15 is 0 Å². The first kappa shape index (κ1) is 29.9. The number of carbonyl (C=O) groups excluding carboxylic acids is 1. The van der Waals surface area contributed by atoms with Crippen molar-refractivity contribution in [1.82, 2.24) is 4.90 Å². The van der Waals surface area contributed by atoms with Crippen molar-refractivity contribution in [3.05, 3.63) is 137 Å². The van der Waals surface area contributed by atoms with Crippen molar-refractivity contribution in [2.75, 3.05) is 0 Å². The van der Waals surface area contributed by atoms with E-state index in [0.717, 1.165) is 33.9 Å². The molecule has 0 heterocycles. The molecule has 42 heavy (non-hydrogen) atoms. The Morgan fingerprint density at radius 1 is 0.810 bits per heavy atom. The van der Waals surface area contributed by atoms with E-state index in [1.807, 2.05) is 54.6 Å². The Morgan fingerprint density at radius 2 is 1.38 bits per heavy atom. The molecule has 0 saturated carbocycles. The molecule has 0 aliphatic rings. The fourth-order valence-corrected chi connectivity index (χ4v) is 4.39. The molecule has 0 radical (unpaired) electrons. The van der Waals surface area contributed by atoms with Gasteiger partial charge in [0.05, 0.1) is 11.6 Å². The zero-order valence-electron chi connectivity index (χ0n) is 22.8. The van der Waals surface area contributed by atoms with Crippen LogP contribution in [0.5, 0.6) is 5.75 Å². The molecule has 1 amide bonds. The quantitative estimate of drug-likeness (QED) is 0.179. The van der Waals surface area contributed by atoms with Crippen LogP contribution in [-0.2, 0) is 28.9 Å². The lowest BCUT2D eigenvalue weighted by molar-refractivity contribution is -0.157. The van der Waals surface area contributed by atoms with Crippen molar-refractivity contribution in [3.8, 4) is 17.6 Å². The Labute approximate surface area is 242 Å². The maximum absolute atomic E-state index is 13.0. The molecule has 214 valence electrons. The number of hydrogen-bond donors (Lipinski definition) is 1. The Bertz CT molecular complexity index is 1550. The Morgan fingerprint density at radius 3 is 1.90 bits per heavy atom. The zero-order chi connectivity index (χ0) is 30.1. The summed E-state index contributed by atoms with van der Waals surface area (Å²) in [5, 5.41) is 9.43. The first-order chi connectivity index (χ1) is 20.1. The Balaban J connectivity index is 1.44. The Hall–Kier alpha value is -5.03. The van der Waals surface area contributed by atoms with E-state index in [-0.39, 0.29) is 6.54 Å². The second-order valence-electron chi connectivity index (χ2n) is 9.53. The molecule has 4 aromatic carbocycles. The number of rotatable bonds is 8. The van der Waals surface area contributed by atoms with Crippen LogP contribution < -0.4 is 4.74 Å². The van der Waals surface area contributed by atoms with Crippen LogP contribution in [0.1, 0.15) is 52.8 Å². The number of carbonyl (C=O) groups is 2. The summed E-state index contributed by atoms with van der Waals surface area (Å²) in [6.07, 6.45) is -4.19. The molecule has 1 unspecified atom stereocenters.